The van der Waals surface area contributed by atoms with Crippen LogP contribution in [0.3, 0.4) is 0 Å². The minimum atomic E-state index is -0.430. The minimum absolute atomic E-state index is 0.0812. The van der Waals surface area contributed by atoms with Crippen molar-refractivity contribution in [2.24, 2.45) is 11.7 Å². The minimum Gasteiger partial charge on any atom is -0.369 e. The molecule has 0 saturated carbocycles. The van der Waals surface area contributed by atoms with Crippen molar-refractivity contribution in [2.75, 3.05) is 11.4 Å². The van der Waals surface area contributed by atoms with E-state index in [4.69, 9.17) is 12.2 Å². The van der Waals surface area contributed by atoms with Crippen LogP contribution in [0.4, 0.5) is 5.69 Å². The smallest absolute Gasteiger partial charge is 0.227 e. The molecule has 17 heavy (non-hydrogen) atoms. The number of benzene rings is 1. The molecule has 1 unspecified atom stereocenters. The van der Waals surface area contributed by atoms with Crippen molar-refractivity contribution in [1.29, 1.82) is 0 Å². The molecular weight excluding hydrogens is 216 g/mol. The van der Waals surface area contributed by atoms with Crippen LogP contribution >= 0.6 is 0 Å². The van der Waals surface area contributed by atoms with Gasteiger partial charge in [0.05, 0.1) is 5.92 Å². The van der Waals surface area contributed by atoms with Crippen LogP contribution in [-0.2, 0) is 9.59 Å². The number of terminal acetylenes is 1. The Morgan fingerprint density at radius 2 is 2.06 bits per heavy atom. The lowest BCUT2D eigenvalue weighted by atomic mass is 10.1. The van der Waals surface area contributed by atoms with Crippen LogP contribution in [0.5, 0.6) is 0 Å². The molecule has 1 aromatic carbocycles. The molecular formula is C13H12N2O2. The highest BCUT2D eigenvalue weighted by Crippen LogP contribution is 2.24. The normalized spacial score (nSPS) is 19.1. The molecule has 0 spiro atoms. The fraction of sp³-hybridized carbons (Fsp3) is 0.231. The Kier molecular flexibility index (Phi) is 2.84. The largest absolute Gasteiger partial charge is 0.369 e. The van der Waals surface area contributed by atoms with E-state index in [1.807, 2.05) is 0 Å². The van der Waals surface area contributed by atoms with Gasteiger partial charge in [-0.25, -0.2) is 0 Å². The summed E-state index contributed by atoms with van der Waals surface area (Å²) in [5.74, 6) is 1.60. The van der Waals surface area contributed by atoms with Crippen molar-refractivity contribution in [3.8, 4) is 12.3 Å². The number of rotatable bonds is 2. The van der Waals surface area contributed by atoms with Crippen molar-refractivity contribution >= 4 is 17.5 Å². The lowest BCUT2D eigenvalue weighted by molar-refractivity contribution is -0.123. The second kappa shape index (κ2) is 4.30. The van der Waals surface area contributed by atoms with E-state index in [1.165, 1.54) is 0 Å². The molecule has 2 N–H and O–H groups in total. The molecule has 4 heteroatoms. The van der Waals surface area contributed by atoms with Crippen molar-refractivity contribution in [3.05, 3.63) is 29.8 Å². The molecule has 2 rings (SSSR count). The van der Waals surface area contributed by atoms with Crippen LogP contribution in [0.15, 0.2) is 24.3 Å². The zero-order valence-corrected chi connectivity index (χ0v) is 9.22. The number of carbonyl (C=O) groups is 2. The molecule has 1 atom stereocenters. The maximum Gasteiger partial charge on any atom is 0.227 e. The highest BCUT2D eigenvalue weighted by molar-refractivity contribution is 6.00. The zero-order valence-electron chi connectivity index (χ0n) is 9.22. The van der Waals surface area contributed by atoms with Crippen LogP contribution in [0.2, 0.25) is 0 Å². The first-order chi connectivity index (χ1) is 8.11. The van der Waals surface area contributed by atoms with Crippen molar-refractivity contribution in [2.45, 2.75) is 6.42 Å². The number of nitrogens with two attached hydrogens (primary N) is 1. The number of nitrogens with zero attached hydrogens (tertiary/aromatic N) is 1. The van der Waals surface area contributed by atoms with E-state index in [0.717, 1.165) is 11.3 Å². The number of anilines is 1. The van der Waals surface area contributed by atoms with Crippen molar-refractivity contribution < 1.29 is 9.59 Å². The number of carbonyl (C=O) groups excluding carboxylic acids is 2. The molecule has 1 heterocycles. The number of amides is 2. The molecule has 1 aliphatic heterocycles. The van der Waals surface area contributed by atoms with Gasteiger partial charge >= 0.3 is 0 Å². The second-order valence-electron chi connectivity index (χ2n) is 4.00. The maximum atomic E-state index is 11.7. The van der Waals surface area contributed by atoms with E-state index in [0.29, 0.717) is 6.54 Å². The topological polar surface area (TPSA) is 63.4 Å². The van der Waals surface area contributed by atoms with Gasteiger partial charge in [0.1, 0.15) is 0 Å². The van der Waals surface area contributed by atoms with Crippen molar-refractivity contribution in [1.82, 2.24) is 0 Å². The van der Waals surface area contributed by atoms with E-state index in [9.17, 15) is 9.59 Å². The maximum absolute atomic E-state index is 11.7. The van der Waals surface area contributed by atoms with Gasteiger partial charge in [-0.3, -0.25) is 9.59 Å². The number of hydrogen-bond donors (Lipinski definition) is 1. The van der Waals surface area contributed by atoms with E-state index in [-0.39, 0.29) is 12.3 Å². The van der Waals surface area contributed by atoms with Gasteiger partial charge in [0.2, 0.25) is 11.8 Å². The molecule has 1 aromatic rings. The first-order valence-electron chi connectivity index (χ1n) is 5.28. The van der Waals surface area contributed by atoms with Gasteiger partial charge < -0.3 is 10.6 Å². The van der Waals surface area contributed by atoms with Gasteiger partial charge in [-0.1, -0.05) is 5.92 Å². The summed E-state index contributed by atoms with van der Waals surface area (Å²) in [7, 11) is 0. The van der Waals surface area contributed by atoms with Crippen LogP contribution in [-0.4, -0.2) is 18.4 Å². The quantitative estimate of drug-likeness (QED) is 0.749. The Hall–Kier alpha value is -2.28. The van der Waals surface area contributed by atoms with Crippen LogP contribution < -0.4 is 10.6 Å². The molecule has 0 aliphatic carbocycles. The first-order valence-corrected chi connectivity index (χ1v) is 5.28. The SMILES string of the molecule is C#Cc1ccc(N2CC(C(N)=O)CC2=O)cc1. The Balaban J connectivity index is 2.20. The Morgan fingerprint density at radius 1 is 1.41 bits per heavy atom. The summed E-state index contributed by atoms with van der Waals surface area (Å²) in [5.41, 5.74) is 6.71. The fourth-order valence-electron chi connectivity index (χ4n) is 1.89. The van der Waals surface area contributed by atoms with Crippen LogP contribution in [0.1, 0.15) is 12.0 Å². The molecule has 2 amide bonds. The summed E-state index contributed by atoms with van der Waals surface area (Å²) >= 11 is 0. The lowest BCUT2D eigenvalue weighted by Gasteiger charge is -2.16. The number of primary amides is 1. The molecule has 0 bridgehead atoms. The van der Waals surface area contributed by atoms with Gasteiger partial charge in [-0.15, -0.1) is 6.42 Å². The Morgan fingerprint density at radius 3 is 2.53 bits per heavy atom. The Bertz CT molecular complexity index is 499. The third-order valence-corrected chi connectivity index (χ3v) is 2.87. The first kappa shape index (κ1) is 11.2. The lowest BCUT2D eigenvalue weighted by Crippen LogP contribution is -2.28. The third-order valence-electron chi connectivity index (χ3n) is 2.87. The van der Waals surface area contributed by atoms with Gasteiger partial charge in [0, 0.05) is 24.2 Å². The van der Waals surface area contributed by atoms with E-state index >= 15 is 0 Å². The summed E-state index contributed by atoms with van der Waals surface area (Å²) < 4.78 is 0. The molecule has 86 valence electrons. The predicted molar refractivity (Wildman–Crippen MR) is 64.0 cm³/mol. The average molecular weight is 228 g/mol. The summed E-state index contributed by atoms with van der Waals surface area (Å²) in [6, 6.07) is 7.08. The van der Waals surface area contributed by atoms with Crippen molar-refractivity contribution in [3.63, 3.8) is 0 Å². The molecule has 0 aromatic heterocycles. The van der Waals surface area contributed by atoms with E-state index in [2.05, 4.69) is 5.92 Å². The van der Waals surface area contributed by atoms with Gasteiger partial charge in [-0.2, -0.15) is 0 Å². The summed E-state index contributed by atoms with van der Waals surface area (Å²) in [4.78, 5) is 24.3. The predicted octanol–water partition coefficient (Wildman–Crippen LogP) is 0.506. The summed E-state index contributed by atoms with van der Waals surface area (Å²) in [5, 5.41) is 0. The molecule has 1 saturated heterocycles. The molecule has 4 nitrogen and oxygen atoms in total. The van der Waals surface area contributed by atoms with Gasteiger partial charge in [0.15, 0.2) is 0 Å². The fourth-order valence-corrected chi connectivity index (χ4v) is 1.89. The zero-order chi connectivity index (χ0) is 12.4. The van der Waals surface area contributed by atoms with Crippen LogP contribution in [0.25, 0.3) is 0 Å². The highest BCUT2D eigenvalue weighted by atomic mass is 16.2. The number of hydrogen-bond acceptors (Lipinski definition) is 2. The van der Waals surface area contributed by atoms with Gasteiger partial charge in [0.25, 0.3) is 0 Å². The Labute approximate surface area is 99.4 Å². The highest BCUT2D eigenvalue weighted by Gasteiger charge is 2.33. The standard InChI is InChI=1S/C13H12N2O2/c1-2-9-3-5-11(6-4-9)15-8-10(13(14)17)7-12(15)16/h1,3-6,10H,7-8H2,(H2,14,17). The van der Waals surface area contributed by atoms with Crippen LogP contribution in [0, 0.1) is 18.3 Å². The summed E-state index contributed by atoms with van der Waals surface area (Å²) in [6.07, 6.45) is 5.44. The van der Waals surface area contributed by atoms with E-state index < -0.39 is 11.8 Å². The average Bonchev–Trinajstić information content (AvgIpc) is 2.72. The molecule has 1 aliphatic rings. The second-order valence-corrected chi connectivity index (χ2v) is 4.00. The molecule has 1 fully saturated rings. The third kappa shape index (κ3) is 2.13. The van der Waals surface area contributed by atoms with E-state index in [1.54, 1.807) is 29.2 Å². The summed E-state index contributed by atoms with van der Waals surface area (Å²) in [6.45, 7) is 0.351. The molecule has 0 radical (unpaired) electrons. The van der Waals surface area contributed by atoms with Gasteiger partial charge in [-0.05, 0) is 24.3 Å². The monoisotopic (exact) mass is 228 g/mol.